The lowest BCUT2D eigenvalue weighted by Crippen LogP contribution is -2.28. The minimum atomic E-state index is -0.744. The second-order valence-electron chi connectivity index (χ2n) is 7.09. The van der Waals surface area contributed by atoms with Crippen molar-refractivity contribution in [2.24, 2.45) is 28.8 Å². The minimum absolute atomic E-state index is 0.160. The van der Waals surface area contributed by atoms with E-state index < -0.39 is 12.1 Å². The number of hydrogen-bond acceptors (Lipinski definition) is 6. The maximum absolute atomic E-state index is 12.6. The Morgan fingerprint density at radius 1 is 1.22 bits per heavy atom. The Labute approximate surface area is 156 Å². The third kappa shape index (κ3) is 2.93. The van der Waals surface area contributed by atoms with Gasteiger partial charge in [0.2, 0.25) is 0 Å². The number of fused-ring (bicyclic) bond motifs is 5. The average Bonchev–Trinajstić information content (AvgIpc) is 3.34. The fourth-order valence-corrected chi connectivity index (χ4v) is 4.21. The van der Waals surface area contributed by atoms with Gasteiger partial charge >= 0.3 is 5.97 Å². The summed E-state index contributed by atoms with van der Waals surface area (Å²) in [5.41, 5.74) is 0.656. The molecule has 2 amide bonds. The zero-order chi connectivity index (χ0) is 19.1. The number of benzene rings is 1. The lowest BCUT2D eigenvalue weighted by Gasteiger charge is -2.13. The van der Waals surface area contributed by atoms with E-state index >= 15 is 0 Å². The highest BCUT2D eigenvalue weighted by atomic mass is 16.6. The third-order valence-corrected chi connectivity index (χ3v) is 5.47. The van der Waals surface area contributed by atoms with Crippen LogP contribution in [0.4, 0.5) is 0 Å². The van der Waals surface area contributed by atoms with E-state index in [1.54, 1.807) is 31.2 Å². The van der Waals surface area contributed by atoms with Crippen molar-refractivity contribution in [3.63, 3.8) is 0 Å². The van der Waals surface area contributed by atoms with E-state index in [1.807, 2.05) is 12.2 Å². The van der Waals surface area contributed by atoms with Crippen molar-refractivity contribution in [2.75, 3.05) is 7.11 Å². The fraction of sp³-hybridized carbons (Fsp3) is 0.400. The van der Waals surface area contributed by atoms with Gasteiger partial charge in [-0.15, -0.1) is 0 Å². The number of rotatable bonds is 5. The van der Waals surface area contributed by atoms with E-state index in [-0.39, 0.29) is 35.5 Å². The molecule has 0 unspecified atom stereocenters. The van der Waals surface area contributed by atoms with Crippen LogP contribution in [0.5, 0.6) is 5.75 Å². The van der Waals surface area contributed by atoms with Crippen LogP contribution in [0.2, 0.25) is 0 Å². The first-order chi connectivity index (χ1) is 13.0. The molecule has 1 saturated heterocycles. The van der Waals surface area contributed by atoms with Gasteiger partial charge in [-0.3, -0.25) is 9.59 Å². The van der Waals surface area contributed by atoms with Gasteiger partial charge in [-0.05, 0) is 42.9 Å². The molecule has 5 atom stereocenters. The number of nitrogens with zero attached hydrogens (tertiary/aromatic N) is 2. The van der Waals surface area contributed by atoms with Crippen LogP contribution in [0.15, 0.2) is 41.5 Å². The first kappa shape index (κ1) is 17.5. The van der Waals surface area contributed by atoms with Crippen LogP contribution in [-0.4, -0.2) is 42.2 Å². The summed E-state index contributed by atoms with van der Waals surface area (Å²) in [5.74, 6) is -0.649. The maximum atomic E-state index is 12.6. The molecule has 0 N–H and O–H groups in total. The molecule has 1 saturated carbocycles. The molecule has 27 heavy (non-hydrogen) atoms. The molecule has 1 heterocycles. The number of methoxy groups -OCH3 is 1. The molecule has 140 valence electrons. The van der Waals surface area contributed by atoms with Crippen LogP contribution in [-0.2, 0) is 19.1 Å². The number of allylic oxidation sites excluding steroid dienone is 2. The van der Waals surface area contributed by atoms with Crippen LogP contribution in [0, 0.1) is 23.7 Å². The summed E-state index contributed by atoms with van der Waals surface area (Å²) in [6.45, 7) is 1.59. The Hall–Kier alpha value is -2.96. The van der Waals surface area contributed by atoms with E-state index in [9.17, 15) is 14.4 Å². The van der Waals surface area contributed by atoms with Crippen LogP contribution in [0.1, 0.15) is 18.9 Å². The molecular formula is C20H20N2O5. The molecule has 2 fully saturated rings. The molecular weight excluding hydrogens is 348 g/mol. The summed E-state index contributed by atoms with van der Waals surface area (Å²) in [6.07, 6.45) is 5.71. The summed E-state index contributed by atoms with van der Waals surface area (Å²) in [5, 5.41) is 5.15. The van der Waals surface area contributed by atoms with E-state index in [0.29, 0.717) is 11.3 Å². The molecule has 7 heteroatoms. The van der Waals surface area contributed by atoms with Gasteiger partial charge in [0, 0.05) is 0 Å². The number of hydrogen-bond donors (Lipinski definition) is 0. The SMILES string of the molecule is COC(=O)[C@@H](C)Oc1cccc(C=NN2C(=O)[C@@H]3[C@H](C2=O)[C@H]2C=C[C@H]3C2)c1. The molecule has 1 aromatic carbocycles. The number of amides is 2. The van der Waals surface area contributed by atoms with Crippen molar-refractivity contribution >= 4 is 24.0 Å². The zero-order valence-electron chi connectivity index (χ0n) is 15.1. The van der Waals surface area contributed by atoms with E-state index in [2.05, 4.69) is 9.84 Å². The van der Waals surface area contributed by atoms with E-state index in [4.69, 9.17) is 4.74 Å². The normalized spacial score (nSPS) is 29.5. The van der Waals surface area contributed by atoms with Crippen LogP contribution < -0.4 is 4.74 Å². The highest BCUT2D eigenvalue weighted by Gasteiger charge is 2.59. The molecule has 0 aromatic heterocycles. The molecule has 1 aromatic rings. The van der Waals surface area contributed by atoms with Gasteiger partial charge in [-0.25, -0.2) is 4.79 Å². The van der Waals surface area contributed by atoms with Crippen molar-refractivity contribution in [1.29, 1.82) is 0 Å². The molecule has 0 radical (unpaired) electrons. The largest absolute Gasteiger partial charge is 0.479 e. The summed E-state index contributed by atoms with van der Waals surface area (Å²) in [6, 6.07) is 6.90. The second-order valence-corrected chi connectivity index (χ2v) is 7.09. The van der Waals surface area contributed by atoms with Gasteiger partial charge in [0.1, 0.15) is 5.75 Å². The molecule has 4 rings (SSSR count). The minimum Gasteiger partial charge on any atom is -0.479 e. The zero-order valence-corrected chi connectivity index (χ0v) is 15.1. The Kier molecular flexibility index (Phi) is 4.30. The highest BCUT2D eigenvalue weighted by molar-refractivity contribution is 6.06. The summed E-state index contributed by atoms with van der Waals surface area (Å²) < 4.78 is 10.2. The fourth-order valence-electron chi connectivity index (χ4n) is 4.21. The van der Waals surface area contributed by atoms with Crippen molar-refractivity contribution < 1.29 is 23.9 Å². The van der Waals surface area contributed by atoms with Gasteiger partial charge in [-0.1, -0.05) is 24.3 Å². The van der Waals surface area contributed by atoms with Gasteiger partial charge < -0.3 is 9.47 Å². The summed E-state index contributed by atoms with van der Waals surface area (Å²) in [7, 11) is 1.30. The lowest BCUT2D eigenvalue weighted by atomic mass is 9.85. The van der Waals surface area contributed by atoms with Crippen molar-refractivity contribution in [3.05, 3.63) is 42.0 Å². The van der Waals surface area contributed by atoms with Gasteiger partial charge in [0.25, 0.3) is 11.8 Å². The number of carbonyl (C=O) groups is 3. The topological polar surface area (TPSA) is 85.3 Å². The van der Waals surface area contributed by atoms with Gasteiger partial charge in [0.15, 0.2) is 6.10 Å². The van der Waals surface area contributed by atoms with Gasteiger partial charge in [0.05, 0.1) is 25.2 Å². The van der Waals surface area contributed by atoms with Crippen molar-refractivity contribution in [2.45, 2.75) is 19.4 Å². The van der Waals surface area contributed by atoms with Crippen LogP contribution in [0.25, 0.3) is 0 Å². The number of esters is 1. The Bertz CT molecular complexity index is 832. The number of imide groups is 1. The molecule has 2 bridgehead atoms. The Morgan fingerprint density at radius 2 is 1.89 bits per heavy atom. The molecule has 0 spiro atoms. The summed E-state index contributed by atoms with van der Waals surface area (Å²) >= 11 is 0. The molecule has 1 aliphatic heterocycles. The number of ether oxygens (including phenoxy) is 2. The van der Waals surface area contributed by atoms with E-state index in [1.165, 1.54) is 13.3 Å². The lowest BCUT2D eigenvalue weighted by molar-refractivity contribution is -0.148. The second kappa shape index (κ2) is 6.64. The van der Waals surface area contributed by atoms with Crippen LogP contribution in [0.3, 0.4) is 0 Å². The average molecular weight is 368 g/mol. The van der Waals surface area contributed by atoms with Crippen LogP contribution >= 0.6 is 0 Å². The van der Waals surface area contributed by atoms with Crippen molar-refractivity contribution in [1.82, 2.24) is 5.01 Å². The number of hydrazone groups is 1. The smallest absolute Gasteiger partial charge is 0.346 e. The first-order valence-corrected chi connectivity index (χ1v) is 8.94. The monoisotopic (exact) mass is 368 g/mol. The maximum Gasteiger partial charge on any atom is 0.346 e. The number of carbonyl (C=O) groups excluding carboxylic acids is 3. The quantitative estimate of drug-likeness (QED) is 0.342. The molecule has 7 nitrogen and oxygen atoms in total. The molecule has 2 aliphatic carbocycles. The Balaban J connectivity index is 1.48. The Morgan fingerprint density at radius 3 is 2.52 bits per heavy atom. The predicted octanol–water partition coefficient (Wildman–Crippen LogP) is 1.77. The molecule has 3 aliphatic rings. The van der Waals surface area contributed by atoms with E-state index in [0.717, 1.165) is 11.4 Å². The highest BCUT2D eigenvalue weighted by Crippen LogP contribution is 2.52. The first-order valence-electron chi connectivity index (χ1n) is 8.94. The standard InChI is InChI=1S/C20H20N2O5/c1-11(20(25)26-2)27-15-5-3-4-12(8-15)10-21-22-18(23)16-13-6-7-14(9-13)17(16)19(22)24/h3-8,10-11,13-14,16-17H,9H2,1-2H3/t11-,13+,14+,16-,17+/m1/s1. The third-order valence-electron chi connectivity index (χ3n) is 5.47. The summed E-state index contributed by atoms with van der Waals surface area (Å²) in [4.78, 5) is 36.7. The van der Waals surface area contributed by atoms with Gasteiger partial charge in [-0.2, -0.15) is 10.1 Å². The van der Waals surface area contributed by atoms with Crippen molar-refractivity contribution in [3.8, 4) is 5.75 Å². The predicted molar refractivity (Wildman–Crippen MR) is 95.7 cm³/mol.